The zero-order valence-corrected chi connectivity index (χ0v) is 17.9. The van der Waals surface area contributed by atoms with Gasteiger partial charge in [-0.3, -0.25) is 0 Å². The highest BCUT2D eigenvalue weighted by Crippen LogP contribution is 2.51. The smallest absolute Gasteiger partial charge is 0.110 e. The lowest BCUT2D eigenvalue weighted by Gasteiger charge is -2.21. The molecule has 2 aromatic carbocycles. The van der Waals surface area contributed by atoms with Crippen LogP contribution in [0.15, 0.2) is 30.3 Å². The van der Waals surface area contributed by atoms with Crippen LogP contribution in [0.1, 0.15) is 80.3 Å². The minimum Gasteiger partial charge on any atom is -0.342 e. The first-order valence-electron chi connectivity index (χ1n) is 11.7. The minimum absolute atomic E-state index is 0.563. The minimum atomic E-state index is 0.563. The number of nitrogens with zero attached hydrogens (tertiary/aromatic N) is 1. The van der Waals surface area contributed by atoms with Crippen molar-refractivity contribution in [2.24, 2.45) is 11.3 Å². The van der Waals surface area contributed by atoms with E-state index in [1.807, 2.05) is 0 Å². The van der Waals surface area contributed by atoms with Gasteiger partial charge in [-0.2, -0.15) is 0 Å². The molecule has 3 aliphatic rings. The van der Waals surface area contributed by atoms with E-state index < -0.39 is 0 Å². The van der Waals surface area contributed by atoms with Crippen LogP contribution in [-0.2, 0) is 12.8 Å². The Morgan fingerprint density at radius 3 is 2.62 bits per heavy atom. The van der Waals surface area contributed by atoms with Crippen molar-refractivity contribution in [3.05, 3.63) is 52.8 Å². The molecule has 1 N–H and O–H groups in total. The average molecular weight is 385 g/mol. The molecule has 0 bridgehead atoms. The van der Waals surface area contributed by atoms with Crippen molar-refractivity contribution >= 4 is 11.0 Å². The van der Waals surface area contributed by atoms with Gasteiger partial charge >= 0.3 is 0 Å². The second kappa shape index (κ2) is 6.45. The van der Waals surface area contributed by atoms with E-state index in [0.717, 1.165) is 11.4 Å². The number of rotatable bonds is 2. The fourth-order valence-corrected chi connectivity index (χ4v) is 6.67. The van der Waals surface area contributed by atoms with Gasteiger partial charge in [-0.15, -0.1) is 0 Å². The van der Waals surface area contributed by atoms with Crippen LogP contribution in [0.2, 0.25) is 0 Å². The molecule has 150 valence electrons. The number of imidazole rings is 1. The molecule has 3 aliphatic carbocycles. The van der Waals surface area contributed by atoms with Crippen LogP contribution in [0, 0.1) is 18.3 Å². The third-order valence-electron chi connectivity index (χ3n) is 8.33. The molecule has 2 atom stereocenters. The van der Waals surface area contributed by atoms with Crippen LogP contribution >= 0.6 is 0 Å². The Morgan fingerprint density at radius 2 is 1.83 bits per heavy atom. The summed E-state index contributed by atoms with van der Waals surface area (Å²) in [6, 6.07) is 11.6. The number of H-pyrrole nitrogens is 1. The monoisotopic (exact) mass is 384 g/mol. The second-order valence-electron chi connectivity index (χ2n) is 10.4. The number of aromatic amines is 1. The summed E-state index contributed by atoms with van der Waals surface area (Å²) < 4.78 is 0. The zero-order chi connectivity index (χ0) is 19.6. The standard InChI is InChI=1S/C27H32N2/c1-17-5-7-20(13-17)26-28-24-10-8-19(14-25(24)29-26)21-9-6-18(2)22-15-27(16-23(21)22)11-3-4-12-27/h6,8-10,14,17,20H,3-5,7,11-13,15-16H2,1-2H3,(H,28,29)/t17-,20+/m1/s1. The molecule has 2 nitrogen and oxygen atoms in total. The molecule has 0 amide bonds. The normalized spacial score (nSPS) is 25.3. The fourth-order valence-electron chi connectivity index (χ4n) is 6.67. The maximum atomic E-state index is 4.95. The summed E-state index contributed by atoms with van der Waals surface area (Å²) in [7, 11) is 0. The summed E-state index contributed by atoms with van der Waals surface area (Å²) in [5.41, 5.74) is 10.5. The van der Waals surface area contributed by atoms with Gasteiger partial charge in [0.2, 0.25) is 0 Å². The molecule has 29 heavy (non-hydrogen) atoms. The van der Waals surface area contributed by atoms with Gasteiger partial charge in [-0.1, -0.05) is 38.0 Å². The molecule has 3 aromatic rings. The Balaban J connectivity index is 1.39. The van der Waals surface area contributed by atoms with Gasteiger partial charge in [0.1, 0.15) is 5.82 Å². The molecule has 0 unspecified atom stereocenters. The van der Waals surface area contributed by atoms with Gasteiger partial charge in [-0.25, -0.2) is 4.98 Å². The van der Waals surface area contributed by atoms with Crippen LogP contribution in [0.3, 0.4) is 0 Å². The summed E-state index contributed by atoms with van der Waals surface area (Å²) in [4.78, 5) is 8.64. The van der Waals surface area contributed by atoms with Crippen LogP contribution < -0.4 is 0 Å². The number of aromatic nitrogens is 2. The molecule has 0 aliphatic heterocycles. The third kappa shape index (κ3) is 2.86. The first-order chi connectivity index (χ1) is 14.1. The van der Waals surface area contributed by atoms with Crippen LogP contribution in [-0.4, -0.2) is 9.97 Å². The highest BCUT2D eigenvalue weighted by atomic mass is 14.9. The topological polar surface area (TPSA) is 28.7 Å². The lowest BCUT2D eigenvalue weighted by Crippen LogP contribution is -2.15. The molecule has 2 fully saturated rings. The summed E-state index contributed by atoms with van der Waals surface area (Å²) in [6.45, 7) is 4.68. The predicted molar refractivity (Wildman–Crippen MR) is 120 cm³/mol. The van der Waals surface area contributed by atoms with Crippen molar-refractivity contribution in [2.75, 3.05) is 0 Å². The number of fused-ring (bicyclic) bond motifs is 2. The SMILES string of the molecule is Cc1ccc(-c2ccc3nc([C@H]4CC[C@@H](C)C4)[nH]c3c2)c2c1CC1(CCCC1)C2. The molecular formula is C27H32N2. The van der Waals surface area contributed by atoms with E-state index in [-0.39, 0.29) is 0 Å². The summed E-state index contributed by atoms with van der Waals surface area (Å²) >= 11 is 0. The van der Waals surface area contributed by atoms with Crippen molar-refractivity contribution < 1.29 is 0 Å². The Bertz CT molecular complexity index is 1080. The molecule has 1 spiro atoms. The lowest BCUT2D eigenvalue weighted by molar-refractivity contribution is 0.318. The summed E-state index contributed by atoms with van der Waals surface area (Å²) in [6.07, 6.45) is 12.2. The summed E-state index contributed by atoms with van der Waals surface area (Å²) in [5.74, 6) is 2.66. The average Bonchev–Trinajstić information content (AvgIpc) is 3.49. The molecule has 0 saturated heterocycles. The first-order valence-corrected chi connectivity index (χ1v) is 11.7. The van der Waals surface area contributed by atoms with E-state index in [2.05, 4.69) is 49.2 Å². The van der Waals surface area contributed by atoms with E-state index in [9.17, 15) is 0 Å². The molecule has 6 rings (SSSR count). The maximum absolute atomic E-state index is 4.95. The molecule has 0 radical (unpaired) electrons. The highest BCUT2D eigenvalue weighted by molar-refractivity contribution is 5.83. The number of aryl methyl sites for hydroxylation is 1. The van der Waals surface area contributed by atoms with E-state index >= 15 is 0 Å². The van der Waals surface area contributed by atoms with Gasteiger partial charge < -0.3 is 4.98 Å². The Morgan fingerprint density at radius 1 is 1.00 bits per heavy atom. The Labute approximate surface area is 174 Å². The van der Waals surface area contributed by atoms with Crippen LogP contribution in [0.25, 0.3) is 22.2 Å². The Hall–Kier alpha value is -2.09. The van der Waals surface area contributed by atoms with Gasteiger partial charge in [0, 0.05) is 5.92 Å². The zero-order valence-electron chi connectivity index (χ0n) is 17.9. The maximum Gasteiger partial charge on any atom is 0.110 e. The number of benzene rings is 2. The van der Waals surface area contributed by atoms with Crippen molar-refractivity contribution in [3.63, 3.8) is 0 Å². The third-order valence-corrected chi connectivity index (χ3v) is 8.33. The van der Waals surface area contributed by atoms with Crippen LogP contribution in [0.4, 0.5) is 0 Å². The van der Waals surface area contributed by atoms with Crippen LogP contribution in [0.5, 0.6) is 0 Å². The van der Waals surface area contributed by atoms with Gasteiger partial charge in [0.15, 0.2) is 0 Å². The van der Waals surface area contributed by atoms with Crippen molar-refractivity contribution in [1.29, 1.82) is 0 Å². The van der Waals surface area contributed by atoms with Crippen molar-refractivity contribution in [3.8, 4) is 11.1 Å². The van der Waals surface area contributed by atoms with E-state index in [4.69, 9.17) is 4.98 Å². The van der Waals surface area contributed by atoms with Gasteiger partial charge in [0.05, 0.1) is 11.0 Å². The van der Waals surface area contributed by atoms with Crippen molar-refractivity contribution in [2.45, 2.75) is 77.6 Å². The quantitative estimate of drug-likeness (QED) is 0.501. The lowest BCUT2D eigenvalue weighted by atomic mass is 9.83. The van der Waals surface area contributed by atoms with Gasteiger partial charge in [-0.05, 0) is 103 Å². The highest BCUT2D eigenvalue weighted by Gasteiger charge is 2.41. The number of nitrogens with one attached hydrogen (secondary N) is 1. The fraction of sp³-hybridized carbons (Fsp3) is 0.519. The van der Waals surface area contributed by atoms with Crippen molar-refractivity contribution in [1.82, 2.24) is 9.97 Å². The summed E-state index contributed by atoms with van der Waals surface area (Å²) in [5, 5.41) is 0. The largest absolute Gasteiger partial charge is 0.342 e. The molecule has 1 heterocycles. The molecule has 1 aromatic heterocycles. The first kappa shape index (κ1) is 17.7. The van der Waals surface area contributed by atoms with E-state index in [1.165, 1.54) is 85.8 Å². The van der Waals surface area contributed by atoms with E-state index in [1.54, 1.807) is 11.1 Å². The number of hydrogen-bond donors (Lipinski definition) is 1. The van der Waals surface area contributed by atoms with E-state index in [0.29, 0.717) is 11.3 Å². The second-order valence-corrected chi connectivity index (χ2v) is 10.4. The Kier molecular flexibility index (Phi) is 3.95. The number of hydrogen-bond acceptors (Lipinski definition) is 1. The molecule has 2 saturated carbocycles. The van der Waals surface area contributed by atoms with Gasteiger partial charge in [0.25, 0.3) is 0 Å². The predicted octanol–water partition coefficient (Wildman–Crippen LogP) is 7.10. The molecule has 2 heteroatoms. The molecular weight excluding hydrogens is 352 g/mol.